The number of para-hydroxylation sites is 1. The van der Waals surface area contributed by atoms with Crippen LogP contribution in [0, 0.1) is 5.82 Å². The lowest BCUT2D eigenvalue weighted by Gasteiger charge is -2.17. The van der Waals surface area contributed by atoms with Crippen LogP contribution in [-0.4, -0.2) is 17.5 Å². The van der Waals surface area contributed by atoms with Crippen molar-refractivity contribution < 1.29 is 13.9 Å². The Morgan fingerprint density at radius 1 is 1.11 bits per heavy atom. The number of amides is 1. The minimum atomic E-state index is -0.515. The van der Waals surface area contributed by atoms with Gasteiger partial charge in [0, 0.05) is 16.6 Å². The van der Waals surface area contributed by atoms with Crippen LogP contribution in [0.25, 0.3) is 10.9 Å². The summed E-state index contributed by atoms with van der Waals surface area (Å²) in [4.78, 5) is 27.3. The van der Waals surface area contributed by atoms with Gasteiger partial charge < -0.3 is 15.0 Å². The van der Waals surface area contributed by atoms with Gasteiger partial charge >= 0.3 is 0 Å². The molecule has 1 aliphatic carbocycles. The average molecular weight is 366 g/mol. The van der Waals surface area contributed by atoms with Crippen molar-refractivity contribution >= 4 is 22.5 Å². The van der Waals surface area contributed by atoms with E-state index in [2.05, 4.69) is 10.3 Å². The molecule has 0 aliphatic heterocycles. The van der Waals surface area contributed by atoms with E-state index in [1.807, 2.05) is 6.07 Å². The van der Waals surface area contributed by atoms with Crippen LogP contribution in [0.5, 0.6) is 5.75 Å². The van der Waals surface area contributed by atoms with E-state index in [0.29, 0.717) is 11.2 Å². The third kappa shape index (κ3) is 3.56. The lowest BCUT2D eigenvalue weighted by molar-refractivity contribution is -0.118. The van der Waals surface area contributed by atoms with Crippen LogP contribution in [0.2, 0.25) is 0 Å². The number of halogens is 1. The number of hydrogen-bond donors (Lipinski definition) is 2. The maximum absolute atomic E-state index is 13.5. The molecule has 0 bridgehead atoms. The number of H-pyrrole nitrogens is 1. The van der Waals surface area contributed by atoms with Gasteiger partial charge in [-0.2, -0.15) is 0 Å². The lowest BCUT2D eigenvalue weighted by atomic mass is 9.90. The average Bonchev–Trinajstić information content (AvgIpc) is 2.67. The zero-order valence-electron chi connectivity index (χ0n) is 14.7. The van der Waals surface area contributed by atoms with E-state index in [4.69, 9.17) is 4.74 Å². The molecule has 27 heavy (non-hydrogen) atoms. The Hall–Kier alpha value is -3.15. The Morgan fingerprint density at radius 2 is 1.89 bits per heavy atom. The second kappa shape index (κ2) is 7.23. The largest absolute Gasteiger partial charge is 0.481 e. The first-order valence-electron chi connectivity index (χ1n) is 8.97. The summed E-state index contributed by atoms with van der Waals surface area (Å²) in [6, 6.07) is 11.4. The van der Waals surface area contributed by atoms with Crippen molar-refractivity contribution in [1.82, 2.24) is 4.98 Å². The monoisotopic (exact) mass is 366 g/mol. The molecule has 0 unspecified atom stereocenters. The van der Waals surface area contributed by atoms with Crippen molar-refractivity contribution in [2.45, 2.75) is 25.7 Å². The van der Waals surface area contributed by atoms with E-state index in [1.165, 1.54) is 12.1 Å². The number of aryl methyl sites for hydroxylation is 1. The van der Waals surface area contributed by atoms with E-state index in [9.17, 15) is 14.0 Å². The van der Waals surface area contributed by atoms with Gasteiger partial charge in [-0.15, -0.1) is 0 Å². The molecule has 0 saturated heterocycles. The quantitative estimate of drug-likeness (QED) is 0.742. The third-order valence-corrected chi connectivity index (χ3v) is 4.81. The second-order valence-corrected chi connectivity index (χ2v) is 6.65. The molecule has 1 amide bonds. The fourth-order valence-electron chi connectivity index (χ4n) is 3.54. The van der Waals surface area contributed by atoms with Crippen LogP contribution in [0.4, 0.5) is 10.1 Å². The number of hydrogen-bond acceptors (Lipinski definition) is 3. The number of rotatable bonds is 4. The predicted octanol–water partition coefficient (Wildman–Crippen LogP) is 3.56. The van der Waals surface area contributed by atoms with E-state index in [-0.39, 0.29) is 17.9 Å². The molecule has 4 rings (SSSR count). The molecule has 138 valence electrons. The summed E-state index contributed by atoms with van der Waals surface area (Å²) in [7, 11) is 0. The highest BCUT2D eigenvalue weighted by Crippen LogP contribution is 2.27. The fraction of sp³-hybridized carbons (Fsp3) is 0.238. The number of carbonyl (C=O) groups is 1. The summed E-state index contributed by atoms with van der Waals surface area (Å²) < 4.78 is 18.7. The first kappa shape index (κ1) is 17.3. The lowest BCUT2D eigenvalue weighted by Crippen LogP contribution is -2.21. The number of aromatic nitrogens is 1. The highest BCUT2D eigenvalue weighted by molar-refractivity contribution is 5.95. The third-order valence-electron chi connectivity index (χ3n) is 4.81. The van der Waals surface area contributed by atoms with Gasteiger partial charge in [-0.1, -0.05) is 18.2 Å². The molecular weight excluding hydrogens is 347 g/mol. The summed E-state index contributed by atoms with van der Waals surface area (Å²) in [6.07, 6.45) is 3.83. The van der Waals surface area contributed by atoms with Gasteiger partial charge in [0.2, 0.25) is 0 Å². The van der Waals surface area contributed by atoms with Crippen molar-refractivity contribution in [3.05, 3.63) is 69.8 Å². The summed E-state index contributed by atoms with van der Waals surface area (Å²) in [5.74, 6) is -0.890. The fourth-order valence-corrected chi connectivity index (χ4v) is 3.54. The molecule has 0 fully saturated rings. The number of ether oxygens (including phenoxy) is 1. The molecule has 0 spiro atoms. The van der Waals surface area contributed by atoms with Crippen molar-refractivity contribution in [2.75, 3.05) is 11.9 Å². The summed E-state index contributed by atoms with van der Waals surface area (Å²) >= 11 is 0. The maximum atomic E-state index is 13.5. The molecule has 6 heteroatoms. The van der Waals surface area contributed by atoms with E-state index in [1.54, 1.807) is 24.3 Å². The van der Waals surface area contributed by atoms with Gasteiger partial charge in [0.05, 0.1) is 5.52 Å². The van der Waals surface area contributed by atoms with E-state index < -0.39 is 11.7 Å². The molecule has 0 atom stereocenters. The number of fused-ring (bicyclic) bond motifs is 3. The Bertz CT molecular complexity index is 1070. The standard InChI is InChI=1S/C21H19FN2O3/c22-17-7-3-4-8-19(17)27-12-20(25)23-13-9-10-15-14-5-1-2-6-16(14)21(26)24-18(15)11-13/h3-4,7-11H,1-2,5-6,12H2,(H,23,25)(H,24,26). The number of nitrogens with one attached hydrogen (secondary N) is 2. The Balaban J connectivity index is 1.51. The highest BCUT2D eigenvalue weighted by Gasteiger charge is 2.16. The van der Waals surface area contributed by atoms with Crippen molar-refractivity contribution in [2.24, 2.45) is 0 Å². The molecular formula is C21H19FN2O3. The summed E-state index contributed by atoms with van der Waals surface area (Å²) in [5.41, 5.74) is 3.19. The number of aromatic amines is 1. The Morgan fingerprint density at radius 3 is 2.70 bits per heavy atom. The Kier molecular flexibility index (Phi) is 4.62. The molecule has 1 aromatic heterocycles. The Labute approximate surface area is 155 Å². The molecule has 5 nitrogen and oxygen atoms in total. The van der Waals surface area contributed by atoms with Crippen LogP contribution in [0.3, 0.4) is 0 Å². The summed E-state index contributed by atoms with van der Waals surface area (Å²) in [5, 5.41) is 3.73. The van der Waals surface area contributed by atoms with Crippen molar-refractivity contribution in [3.63, 3.8) is 0 Å². The van der Waals surface area contributed by atoms with Gasteiger partial charge in [-0.25, -0.2) is 4.39 Å². The van der Waals surface area contributed by atoms with Crippen molar-refractivity contribution in [3.8, 4) is 5.75 Å². The second-order valence-electron chi connectivity index (χ2n) is 6.65. The smallest absolute Gasteiger partial charge is 0.262 e. The predicted molar refractivity (Wildman–Crippen MR) is 102 cm³/mol. The van der Waals surface area contributed by atoms with Gasteiger partial charge in [-0.3, -0.25) is 9.59 Å². The van der Waals surface area contributed by atoms with Gasteiger partial charge in [0.15, 0.2) is 18.2 Å². The summed E-state index contributed by atoms with van der Waals surface area (Å²) in [6.45, 7) is -0.306. The molecule has 1 aliphatic rings. The van der Waals surface area contributed by atoms with Crippen LogP contribution >= 0.6 is 0 Å². The zero-order valence-corrected chi connectivity index (χ0v) is 14.7. The normalized spacial score (nSPS) is 13.2. The number of anilines is 1. The molecule has 3 aromatic rings. The minimum absolute atomic E-state index is 0.0297. The van der Waals surface area contributed by atoms with Gasteiger partial charge in [0.25, 0.3) is 11.5 Å². The molecule has 1 heterocycles. The van der Waals surface area contributed by atoms with Crippen LogP contribution in [0.1, 0.15) is 24.0 Å². The first-order chi connectivity index (χ1) is 13.1. The van der Waals surface area contributed by atoms with Gasteiger partial charge in [0.1, 0.15) is 0 Å². The first-order valence-corrected chi connectivity index (χ1v) is 8.97. The number of benzene rings is 2. The highest BCUT2D eigenvalue weighted by atomic mass is 19.1. The zero-order chi connectivity index (χ0) is 18.8. The molecule has 2 aromatic carbocycles. The number of carbonyl (C=O) groups excluding carboxylic acids is 1. The van der Waals surface area contributed by atoms with E-state index in [0.717, 1.165) is 42.2 Å². The van der Waals surface area contributed by atoms with E-state index >= 15 is 0 Å². The topological polar surface area (TPSA) is 71.2 Å². The van der Waals surface area contributed by atoms with Crippen LogP contribution in [-0.2, 0) is 17.6 Å². The maximum Gasteiger partial charge on any atom is 0.262 e. The van der Waals surface area contributed by atoms with Gasteiger partial charge in [-0.05, 0) is 55.5 Å². The molecule has 2 N–H and O–H groups in total. The van der Waals surface area contributed by atoms with Crippen LogP contribution in [0.15, 0.2) is 47.3 Å². The molecule has 0 saturated carbocycles. The SMILES string of the molecule is O=C(COc1ccccc1F)Nc1ccc2c3c(c(=O)[nH]c2c1)CCCC3. The minimum Gasteiger partial charge on any atom is -0.481 e. The number of pyridine rings is 1. The molecule has 0 radical (unpaired) electrons. The van der Waals surface area contributed by atoms with Crippen LogP contribution < -0.4 is 15.6 Å². The van der Waals surface area contributed by atoms with Crippen molar-refractivity contribution in [1.29, 1.82) is 0 Å².